The molecule has 0 spiro atoms. The van der Waals surface area contributed by atoms with Crippen molar-refractivity contribution in [3.8, 4) is 17.1 Å². The van der Waals surface area contributed by atoms with E-state index in [1.807, 2.05) is 26.0 Å². The van der Waals surface area contributed by atoms with Crippen molar-refractivity contribution >= 4 is 0 Å². The standard InChI is InChI=1S/C17H18N4O2/c1-9(15-10(2)19-20-11(15)3)17-18-16(21-23-17)13-4-5-14-12(8-13)6-7-22-14/h4-5,8-9H,6-7H2,1-3H3,(H,19,20). The number of fused-ring (bicyclic) bond motifs is 1. The van der Waals surface area contributed by atoms with Crippen molar-refractivity contribution in [1.82, 2.24) is 20.3 Å². The third-order valence-electron chi connectivity index (χ3n) is 4.38. The van der Waals surface area contributed by atoms with Crippen LogP contribution in [-0.4, -0.2) is 26.9 Å². The average Bonchev–Trinajstić information content (AvgIpc) is 3.26. The largest absolute Gasteiger partial charge is 0.493 e. The molecule has 0 saturated heterocycles. The van der Waals surface area contributed by atoms with Crippen LogP contribution < -0.4 is 4.74 Å². The van der Waals surface area contributed by atoms with Gasteiger partial charge in [-0.15, -0.1) is 0 Å². The lowest BCUT2D eigenvalue weighted by atomic mass is 9.99. The molecule has 1 atom stereocenters. The van der Waals surface area contributed by atoms with Crippen molar-refractivity contribution in [2.45, 2.75) is 33.1 Å². The highest BCUT2D eigenvalue weighted by Crippen LogP contribution is 2.31. The van der Waals surface area contributed by atoms with Crippen LogP contribution in [0.15, 0.2) is 22.7 Å². The summed E-state index contributed by atoms with van der Waals surface area (Å²) in [6.45, 7) is 6.78. The van der Waals surface area contributed by atoms with E-state index in [9.17, 15) is 0 Å². The molecule has 0 bridgehead atoms. The van der Waals surface area contributed by atoms with Crippen LogP contribution in [0.25, 0.3) is 11.4 Å². The molecule has 0 radical (unpaired) electrons. The van der Waals surface area contributed by atoms with Gasteiger partial charge in [0.15, 0.2) is 0 Å². The number of H-pyrrole nitrogens is 1. The van der Waals surface area contributed by atoms with E-state index < -0.39 is 0 Å². The van der Waals surface area contributed by atoms with E-state index in [1.54, 1.807) is 0 Å². The third-order valence-corrected chi connectivity index (χ3v) is 4.38. The second kappa shape index (κ2) is 5.22. The van der Waals surface area contributed by atoms with Gasteiger partial charge in [0.05, 0.1) is 18.2 Å². The molecule has 6 nitrogen and oxygen atoms in total. The smallest absolute Gasteiger partial charge is 0.234 e. The first-order valence-electron chi connectivity index (χ1n) is 7.74. The number of benzene rings is 1. The number of hydrogen-bond donors (Lipinski definition) is 1. The molecule has 23 heavy (non-hydrogen) atoms. The molecule has 1 unspecified atom stereocenters. The number of nitrogens with zero attached hydrogens (tertiary/aromatic N) is 3. The molecule has 3 aromatic rings. The molecule has 6 heteroatoms. The van der Waals surface area contributed by atoms with Gasteiger partial charge in [-0.3, -0.25) is 5.10 Å². The Kier molecular flexibility index (Phi) is 3.18. The molecule has 0 saturated carbocycles. The number of aryl methyl sites for hydroxylation is 2. The fourth-order valence-corrected chi connectivity index (χ4v) is 3.18. The Balaban J connectivity index is 1.67. The molecule has 4 rings (SSSR count). The lowest BCUT2D eigenvalue weighted by Crippen LogP contribution is -1.99. The van der Waals surface area contributed by atoms with Crippen molar-refractivity contribution in [1.29, 1.82) is 0 Å². The first kappa shape index (κ1) is 14.0. The predicted molar refractivity (Wildman–Crippen MR) is 84.5 cm³/mol. The lowest BCUT2D eigenvalue weighted by molar-refractivity contribution is 0.357. The summed E-state index contributed by atoms with van der Waals surface area (Å²) in [5.74, 6) is 2.17. The second-order valence-corrected chi connectivity index (χ2v) is 5.95. The first-order chi connectivity index (χ1) is 11.1. The molecule has 0 aliphatic carbocycles. The zero-order chi connectivity index (χ0) is 16.0. The molecule has 1 aliphatic heterocycles. The fourth-order valence-electron chi connectivity index (χ4n) is 3.18. The Hall–Kier alpha value is -2.63. The summed E-state index contributed by atoms with van der Waals surface area (Å²) >= 11 is 0. The van der Waals surface area contributed by atoms with Gasteiger partial charge in [0.25, 0.3) is 0 Å². The minimum Gasteiger partial charge on any atom is -0.493 e. The Morgan fingerprint density at radius 3 is 2.91 bits per heavy atom. The quantitative estimate of drug-likeness (QED) is 0.804. The Morgan fingerprint density at radius 2 is 2.13 bits per heavy atom. The molecule has 2 aromatic heterocycles. The van der Waals surface area contributed by atoms with E-state index in [2.05, 4.69) is 33.3 Å². The summed E-state index contributed by atoms with van der Waals surface area (Å²) in [5, 5.41) is 11.4. The molecule has 1 aliphatic rings. The highest BCUT2D eigenvalue weighted by Gasteiger charge is 2.23. The third kappa shape index (κ3) is 2.30. The fraction of sp³-hybridized carbons (Fsp3) is 0.353. The van der Waals surface area contributed by atoms with E-state index in [4.69, 9.17) is 9.26 Å². The Bertz CT molecular complexity index is 846. The van der Waals surface area contributed by atoms with Crippen LogP contribution in [0.4, 0.5) is 0 Å². The van der Waals surface area contributed by atoms with Gasteiger partial charge in [0, 0.05) is 23.2 Å². The van der Waals surface area contributed by atoms with E-state index in [-0.39, 0.29) is 5.92 Å². The number of aromatic amines is 1. The normalized spacial score (nSPS) is 14.6. The van der Waals surface area contributed by atoms with Crippen molar-refractivity contribution in [2.24, 2.45) is 0 Å². The second-order valence-electron chi connectivity index (χ2n) is 5.95. The summed E-state index contributed by atoms with van der Waals surface area (Å²) in [6, 6.07) is 6.02. The molecule has 3 heterocycles. The molecule has 118 valence electrons. The number of rotatable bonds is 3. The van der Waals surface area contributed by atoms with Gasteiger partial charge in [-0.2, -0.15) is 10.1 Å². The van der Waals surface area contributed by atoms with Crippen molar-refractivity contribution < 1.29 is 9.26 Å². The topological polar surface area (TPSA) is 76.8 Å². The Morgan fingerprint density at radius 1 is 1.26 bits per heavy atom. The van der Waals surface area contributed by atoms with Gasteiger partial charge in [-0.25, -0.2) is 0 Å². The number of ether oxygens (including phenoxy) is 1. The highest BCUT2D eigenvalue weighted by atomic mass is 16.5. The average molecular weight is 310 g/mol. The number of aromatic nitrogens is 4. The molecule has 0 amide bonds. The predicted octanol–water partition coefficient (Wildman–Crippen LogP) is 3.16. The van der Waals surface area contributed by atoms with Gasteiger partial charge in [-0.1, -0.05) is 5.16 Å². The maximum atomic E-state index is 5.53. The molecule has 1 N–H and O–H groups in total. The maximum Gasteiger partial charge on any atom is 0.234 e. The summed E-state index contributed by atoms with van der Waals surface area (Å²) < 4.78 is 11.0. The van der Waals surface area contributed by atoms with Crippen LogP contribution >= 0.6 is 0 Å². The lowest BCUT2D eigenvalue weighted by Gasteiger charge is -2.06. The van der Waals surface area contributed by atoms with Crippen LogP contribution in [0.1, 0.15) is 41.2 Å². The van der Waals surface area contributed by atoms with Gasteiger partial charge < -0.3 is 9.26 Å². The van der Waals surface area contributed by atoms with Gasteiger partial charge in [0.2, 0.25) is 11.7 Å². The SMILES string of the molecule is Cc1n[nH]c(C)c1C(C)c1nc(-c2ccc3c(c2)CCO3)no1. The molecule has 0 fully saturated rings. The summed E-state index contributed by atoms with van der Waals surface area (Å²) in [5.41, 5.74) is 5.26. The van der Waals surface area contributed by atoms with Gasteiger partial charge >= 0.3 is 0 Å². The summed E-state index contributed by atoms with van der Waals surface area (Å²) in [4.78, 5) is 4.58. The van der Waals surface area contributed by atoms with Crippen molar-refractivity contribution in [3.05, 3.63) is 46.6 Å². The molecular weight excluding hydrogens is 292 g/mol. The van der Waals surface area contributed by atoms with Crippen LogP contribution in [-0.2, 0) is 6.42 Å². The summed E-state index contributed by atoms with van der Waals surface area (Å²) in [7, 11) is 0. The maximum absolute atomic E-state index is 5.53. The Labute approximate surface area is 133 Å². The van der Waals surface area contributed by atoms with Crippen LogP contribution in [0, 0.1) is 13.8 Å². The van der Waals surface area contributed by atoms with E-state index in [0.717, 1.165) is 41.3 Å². The molecule has 1 aromatic carbocycles. The summed E-state index contributed by atoms with van der Waals surface area (Å²) in [6.07, 6.45) is 0.928. The monoisotopic (exact) mass is 310 g/mol. The zero-order valence-electron chi connectivity index (χ0n) is 13.4. The van der Waals surface area contributed by atoms with Crippen LogP contribution in [0.5, 0.6) is 5.75 Å². The van der Waals surface area contributed by atoms with E-state index in [0.29, 0.717) is 11.7 Å². The highest BCUT2D eigenvalue weighted by molar-refractivity contribution is 5.59. The molecular formula is C17H18N4O2. The van der Waals surface area contributed by atoms with Gasteiger partial charge in [-0.05, 0) is 44.5 Å². The first-order valence-corrected chi connectivity index (χ1v) is 7.74. The minimum atomic E-state index is 0.00719. The number of hydrogen-bond acceptors (Lipinski definition) is 5. The minimum absolute atomic E-state index is 0.00719. The number of nitrogens with one attached hydrogen (secondary N) is 1. The zero-order valence-corrected chi connectivity index (χ0v) is 13.4. The van der Waals surface area contributed by atoms with E-state index >= 15 is 0 Å². The van der Waals surface area contributed by atoms with Crippen LogP contribution in [0.3, 0.4) is 0 Å². The van der Waals surface area contributed by atoms with E-state index in [1.165, 1.54) is 5.56 Å². The van der Waals surface area contributed by atoms with Crippen LogP contribution in [0.2, 0.25) is 0 Å². The van der Waals surface area contributed by atoms with Gasteiger partial charge in [0.1, 0.15) is 5.75 Å². The van der Waals surface area contributed by atoms with Crippen molar-refractivity contribution in [2.75, 3.05) is 6.61 Å². The van der Waals surface area contributed by atoms with Crippen molar-refractivity contribution in [3.63, 3.8) is 0 Å².